The van der Waals surface area contributed by atoms with Crippen molar-refractivity contribution < 1.29 is 28.6 Å². The molecule has 0 spiro atoms. The third kappa shape index (κ3) is 62.1. The number of carbonyl (C=O) groups is 3. The van der Waals surface area contributed by atoms with Crippen molar-refractivity contribution in [2.45, 2.75) is 277 Å². The molecule has 0 rings (SSSR count). The fourth-order valence-corrected chi connectivity index (χ4v) is 8.27. The number of hydrogen-bond acceptors (Lipinski definition) is 6. The van der Waals surface area contributed by atoms with Gasteiger partial charge >= 0.3 is 17.9 Å². The zero-order chi connectivity index (χ0) is 56.4. The highest BCUT2D eigenvalue weighted by Crippen LogP contribution is 2.14. The van der Waals surface area contributed by atoms with E-state index < -0.39 is 6.10 Å². The number of hydrogen-bond donors (Lipinski definition) is 0. The Morgan fingerprint density at radius 1 is 0.269 bits per heavy atom. The summed E-state index contributed by atoms with van der Waals surface area (Å²) in [5.74, 6) is -0.943. The second-order valence-electron chi connectivity index (χ2n) is 20.6. The number of rotatable bonds is 56. The number of carbonyl (C=O) groups excluding carboxylic acids is 3. The van der Waals surface area contributed by atoms with E-state index in [0.29, 0.717) is 19.3 Å². The fourth-order valence-electron chi connectivity index (χ4n) is 8.27. The van der Waals surface area contributed by atoms with E-state index >= 15 is 0 Å². The monoisotopic (exact) mass is 1080 g/mol. The van der Waals surface area contributed by atoms with E-state index in [1.807, 2.05) is 0 Å². The summed E-state index contributed by atoms with van der Waals surface area (Å²) >= 11 is 0. The molecule has 440 valence electrons. The largest absolute Gasteiger partial charge is 0.462 e. The Morgan fingerprint density at radius 2 is 0.513 bits per heavy atom. The Hall–Kier alpha value is -4.71. The molecule has 0 heterocycles. The van der Waals surface area contributed by atoms with E-state index in [-0.39, 0.29) is 31.1 Å². The van der Waals surface area contributed by atoms with Crippen molar-refractivity contribution in [2.75, 3.05) is 13.2 Å². The molecule has 0 fully saturated rings. The molecule has 0 aromatic heterocycles. The molecule has 0 saturated heterocycles. The number of allylic oxidation sites excluding steroid dienone is 24. The summed E-state index contributed by atoms with van der Waals surface area (Å²) in [6, 6.07) is 0. The Morgan fingerprint density at radius 3 is 0.821 bits per heavy atom. The molecule has 0 saturated carbocycles. The Bertz CT molecular complexity index is 1710. The Balaban J connectivity index is 4.36. The normalized spacial score (nSPS) is 13.1. The lowest BCUT2D eigenvalue weighted by Crippen LogP contribution is -2.30. The lowest BCUT2D eigenvalue weighted by atomic mass is 10.1. The van der Waals surface area contributed by atoms with Crippen LogP contribution in [0, 0.1) is 0 Å². The molecule has 1 unspecified atom stereocenters. The van der Waals surface area contributed by atoms with Crippen molar-refractivity contribution >= 4 is 17.9 Å². The van der Waals surface area contributed by atoms with E-state index in [1.165, 1.54) is 57.8 Å². The van der Waals surface area contributed by atoms with E-state index in [1.54, 1.807) is 0 Å². The first-order chi connectivity index (χ1) is 38.5. The van der Waals surface area contributed by atoms with Crippen LogP contribution in [-0.2, 0) is 28.6 Å². The molecule has 0 radical (unpaired) electrons. The van der Waals surface area contributed by atoms with Crippen LogP contribution in [0.25, 0.3) is 0 Å². The van der Waals surface area contributed by atoms with Gasteiger partial charge in [0.1, 0.15) is 13.2 Å². The van der Waals surface area contributed by atoms with Gasteiger partial charge in [0.15, 0.2) is 6.10 Å². The van der Waals surface area contributed by atoms with Crippen LogP contribution in [-0.4, -0.2) is 37.2 Å². The minimum absolute atomic E-state index is 0.100. The summed E-state index contributed by atoms with van der Waals surface area (Å²) in [5.41, 5.74) is 0. The van der Waals surface area contributed by atoms with Crippen LogP contribution in [0.15, 0.2) is 146 Å². The zero-order valence-electron chi connectivity index (χ0n) is 50.4. The molecule has 6 nitrogen and oxygen atoms in total. The molecule has 0 amide bonds. The van der Waals surface area contributed by atoms with Crippen LogP contribution in [0.4, 0.5) is 0 Å². The van der Waals surface area contributed by atoms with Gasteiger partial charge in [0.25, 0.3) is 0 Å². The first-order valence-electron chi connectivity index (χ1n) is 31.8. The van der Waals surface area contributed by atoms with Gasteiger partial charge in [-0.2, -0.15) is 0 Å². The van der Waals surface area contributed by atoms with E-state index in [9.17, 15) is 14.4 Å². The van der Waals surface area contributed by atoms with Crippen molar-refractivity contribution in [3.63, 3.8) is 0 Å². The predicted molar refractivity (Wildman–Crippen MR) is 339 cm³/mol. The summed E-state index contributed by atoms with van der Waals surface area (Å²) in [7, 11) is 0. The molecule has 0 aliphatic heterocycles. The molecule has 78 heavy (non-hydrogen) atoms. The summed E-state index contributed by atoms with van der Waals surface area (Å²) < 4.78 is 16.9. The number of unbranched alkanes of at least 4 members (excludes halogenated alkanes) is 21. The highest BCUT2D eigenvalue weighted by atomic mass is 16.6. The van der Waals surface area contributed by atoms with Gasteiger partial charge in [0.2, 0.25) is 0 Å². The quantitative estimate of drug-likeness (QED) is 0.0261. The average Bonchev–Trinajstić information content (AvgIpc) is 3.44. The average molecular weight is 1080 g/mol. The van der Waals surface area contributed by atoms with Crippen molar-refractivity contribution in [3.8, 4) is 0 Å². The Labute approximate surface area is 480 Å². The van der Waals surface area contributed by atoms with Crippen LogP contribution in [0.1, 0.15) is 271 Å². The van der Waals surface area contributed by atoms with Crippen LogP contribution in [0.2, 0.25) is 0 Å². The Kier molecular flexibility index (Phi) is 60.9. The number of ether oxygens (including phenoxy) is 3. The van der Waals surface area contributed by atoms with Crippen LogP contribution in [0.5, 0.6) is 0 Å². The van der Waals surface area contributed by atoms with E-state index in [2.05, 4.69) is 167 Å². The second-order valence-corrected chi connectivity index (χ2v) is 20.6. The number of esters is 3. The summed E-state index contributed by atoms with van der Waals surface area (Å²) in [5, 5.41) is 0. The molecule has 0 aromatic rings. The smallest absolute Gasteiger partial charge is 0.306 e. The zero-order valence-corrected chi connectivity index (χ0v) is 50.4. The minimum atomic E-state index is -0.804. The maximum Gasteiger partial charge on any atom is 0.306 e. The topological polar surface area (TPSA) is 78.9 Å². The first-order valence-corrected chi connectivity index (χ1v) is 31.8. The highest BCUT2D eigenvalue weighted by Gasteiger charge is 2.19. The molecular formula is C72H116O6. The molecule has 6 heteroatoms. The third-order valence-electron chi connectivity index (χ3n) is 13.0. The van der Waals surface area contributed by atoms with Crippen molar-refractivity contribution in [2.24, 2.45) is 0 Å². The molecule has 0 aliphatic carbocycles. The van der Waals surface area contributed by atoms with Gasteiger partial charge in [-0.3, -0.25) is 14.4 Å². The maximum atomic E-state index is 12.9. The van der Waals surface area contributed by atoms with Gasteiger partial charge in [0, 0.05) is 19.3 Å². The maximum absolute atomic E-state index is 12.9. The fraction of sp³-hybridized carbons (Fsp3) is 0.625. The first kappa shape index (κ1) is 73.3. The van der Waals surface area contributed by atoms with E-state index in [4.69, 9.17) is 14.2 Å². The highest BCUT2D eigenvalue weighted by molar-refractivity contribution is 5.71. The lowest BCUT2D eigenvalue weighted by molar-refractivity contribution is -0.167. The standard InChI is InChI=1S/C72H116O6/c1-4-7-10-13-16-19-22-25-28-29-30-31-32-33-34-35-36-37-38-39-40-41-42-43-45-47-50-53-56-59-62-65-71(74)77-68-69(67-76-70(73)64-61-58-55-52-49-46-27-24-21-18-15-12-9-6-3)78-72(75)66-63-60-57-54-51-48-44-26-23-20-17-14-11-8-5-2/h7,10,15-20,24-28,30-31,33-34,36-37,39-40,42-44,69H,4-6,8-9,11-14,21-23,29,32,35,38,41,45-68H2,1-3H3/b10-7-,18-15-,19-16-,20-17-,27-24-,28-25-,31-30-,34-33-,37-36-,40-39-,43-42-,44-26-. The summed E-state index contributed by atoms with van der Waals surface area (Å²) in [6.07, 6.45) is 92.7. The third-order valence-corrected chi connectivity index (χ3v) is 13.0. The van der Waals surface area contributed by atoms with E-state index in [0.717, 1.165) is 173 Å². The van der Waals surface area contributed by atoms with Crippen LogP contribution < -0.4 is 0 Å². The van der Waals surface area contributed by atoms with Gasteiger partial charge in [-0.05, 0) is 141 Å². The molecule has 0 aliphatic rings. The molecule has 1 atom stereocenters. The molecule has 0 bridgehead atoms. The second kappa shape index (κ2) is 64.8. The van der Waals surface area contributed by atoms with Gasteiger partial charge in [-0.1, -0.05) is 256 Å². The molecular weight excluding hydrogens is 961 g/mol. The minimum Gasteiger partial charge on any atom is -0.462 e. The van der Waals surface area contributed by atoms with Crippen LogP contribution in [0.3, 0.4) is 0 Å². The molecule has 0 aromatic carbocycles. The van der Waals surface area contributed by atoms with Gasteiger partial charge in [-0.25, -0.2) is 0 Å². The lowest BCUT2D eigenvalue weighted by Gasteiger charge is -2.18. The van der Waals surface area contributed by atoms with Gasteiger partial charge < -0.3 is 14.2 Å². The predicted octanol–water partition coefficient (Wildman–Crippen LogP) is 21.9. The van der Waals surface area contributed by atoms with Gasteiger partial charge in [0.05, 0.1) is 0 Å². The summed E-state index contributed by atoms with van der Waals surface area (Å²) in [4.78, 5) is 38.3. The van der Waals surface area contributed by atoms with Crippen LogP contribution >= 0.6 is 0 Å². The van der Waals surface area contributed by atoms with Crippen molar-refractivity contribution in [1.82, 2.24) is 0 Å². The van der Waals surface area contributed by atoms with Gasteiger partial charge in [-0.15, -0.1) is 0 Å². The summed E-state index contributed by atoms with van der Waals surface area (Å²) in [6.45, 7) is 6.42. The SMILES string of the molecule is CC/C=C\C/C=C\C/C=C\C/C=C\C/C=C\C/C=C\C/C=C\C/C=C\CCCCCCCCC(=O)OCC(COC(=O)CCCCCCC/C=C\C/C=C\CCCC)OC(=O)CCCCCCC/C=C\C/C=C\CCCCC. The van der Waals surface area contributed by atoms with Crippen molar-refractivity contribution in [3.05, 3.63) is 146 Å². The van der Waals surface area contributed by atoms with Crippen molar-refractivity contribution in [1.29, 1.82) is 0 Å². The molecule has 0 N–H and O–H groups in total.